The van der Waals surface area contributed by atoms with Crippen LogP contribution in [0, 0.1) is 11.8 Å². The maximum absolute atomic E-state index is 9.82. The van der Waals surface area contributed by atoms with Gasteiger partial charge in [0.1, 0.15) is 0 Å². The summed E-state index contributed by atoms with van der Waals surface area (Å²) in [5.74, 6) is 2.82. The van der Waals surface area contributed by atoms with Gasteiger partial charge in [-0.1, -0.05) is 26.0 Å². The van der Waals surface area contributed by atoms with Crippen LogP contribution < -0.4 is 14.2 Å². The second-order valence-electron chi connectivity index (χ2n) is 6.74. The third kappa shape index (κ3) is 2.68. The van der Waals surface area contributed by atoms with Crippen LogP contribution in [-0.4, -0.2) is 19.0 Å². The van der Waals surface area contributed by atoms with Crippen LogP contribution in [0.1, 0.15) is 37.2 Å². The minimum absolute atomic E-state index is 0.0192. The largest absolute Gasteiger partial charge is 0.504 e. The molecule has 5 heteroatoms. The lowest BCUT2D eigenvalue weighted by atomic mass is 9.85. The third-order valence-corrected chi connectivity index (χ3v) is 5.34. The van der Waals surface area contributed by atoms with E-state index in [0.717, 1.165) is 22.6 Å². The topological polar surface area (TPSA) is 57.2 Å². The Morgan fingerprint density at radius 1 is 0.920 bits per heavy atom. The number of ether oxygens (including phenoxy) is 4. The number of rotatable bonds is 3. The van der Waals surface area contributed by atoms with Gasteiger partial charge < -0.3 is 24.1 Å². The zero-order chi connectivity index (χ0) is 17.6. The average Bonchev–Trinajstić information content (AvgIpc) is 3.20. The number of aromatic hydroxyl groups is 1. The van der Waals surface area contributed by atoms with Crippen LogP contribution >= 0.6 is 0 Å². The summed E-state index contributed by atoms with van der Waals surface area (Å²) < 4.78 is 22.5. The van der Waals surface area contributed by atoms with Crippen LogP contribution in [0.25, 0.3) is 0 Å². The van der Waals surface area contributed by atoms with E-state index in [1.165, 1.54) is 0 Å². The Labute approximate surface area is 147 Å². The molecular weight excluding hydrogens is 320 g/mol. The van der Waals surface area contributed by atoms with Crippen molar-refractivity contribution in [1.82, 2.24) is 0 Å². The predicted molar refractivity (Wildman–Crippen MR) is 92.1 cm³/mol. The molecule has 4 rings (SSSR count). The van der Waals surface area contributed by atoms with Gasteiger partial charge in [-0.05, 0) is 47.2 Å². The molecule has 1 N–H and O–H groups in total. The fourth-order valence-corrected chi connectivity index (χ4v) is 3.68. The van der Waals surface area contributed by atoms with Crippen LogP contribution in [0.2, 0.25) is 0 Å². The van der Waals surface area contributed by atoms with Gasteiger partial charge >= 0.3 is 0 Å². The molecule has 1 saturated heterocycles. The maximum atomic E-state index is 9.82. The molecule has 0 spiro atoms. The molecule has 2 aliphatic rings. The van der Waals surface area contributed by atoms with E-state index in [-0.39, 0.29) is 24.8 Å². The molecule has 0 bridgehead atoms. The number of methoxy groups -OCH3 is 1. The van der Waals surface area contributed by atoms with Gasteiger partial charge in [-0.25, -0.2) is 0 Å². The zero-order valence-corrected chi connectivity index (χ0v) is 14.6. The summed E-state index contributed by atoms with van der Waals surface area (Å²) in [5, 5.41) is 9.82. The van der Waals surface area contributed by atoms with Gasteiger partial charge in [-0.3, -0.25) is 0 Å². The lowest BCUT2D eigenvalue weighted by Gasteiger charge is -2.17. The van der Waals surface area contributed by atoms with Gasteiger partial charge in [-0.15, -0.1) is 0 Å². The van der Waals surface area contributed by atoms with Crippen LogP contribution in [0.3, 0.4) is 0 Å². The summed E-state index contributed by atoms with van der Waals surface area (Å²) in [6, 6.07) is 11.4. The summed E-state index contributed by atoms with van der Waals surface area (Å²) in [6.07, 6.45) is -0.0748. The molecule has 2 heterocycles. The third-order valence-electron chi connectivity index (χ3n) is 5.34. The highest BCUT2D eigenvalue weighted by Gasteiger charge is 2.41. The van der Waals surface area contributed by atoms with Gasteiger partial charge in [0, 0.05) is 0 Å². The molecule has 132 valence electrons. The first kappa shape index (κ1) is 16.1. The van der Waals surface area contributed by atoms with Gasteiger partial charge in [0.2, 0.25) is 6.79 Å². The van der Waals surface area contributed by atoms with E-state index in [4.69, 9.17) is 18.9 Å². The molecular formula is C20H22O5. The SMILES string of the molecule is COc1cc([C@@H]2O[C@@H](c3ccc4c(c3)OCO4)[C@@H](C)[C@H]2C)ccc1O. The van der Waals surface area contributed by atoms with Gasteiger partial charge in [0.05, 0.1) is 19.3 Å². The number of phenols is 1. The first-order valence-corrected chi connectivity index (χ1v) is 8.50. The normalized spacial score (nSPS) is 27.5. The number of phenolic OH excluding ortho intramolecular Hbond substituents is 1. The Hall–Kier alpha value is -2.40. The van der Waals surface area contributed by atoms with Crippen molar-refractivity contribution in [2.24, 2.45) is 11.8 Å². The second-order valence-corrected chi connectivity index (χ2v) is 6.74. The van der Waals surface area contributed by atoms with E-state index < -0.39 is 0 Å². The predicted octanol–water partition coefficient (Wildman–Crippen LogP) is 4.21. The highest BCUT2D eigenvalue weighted by Crippen LogP contribution is 2.50. The van der Waals surface area contributed by atoms with Crippen molar-refractivity contribution in [3.63, 3.8) is 0 Å². The molecule has 2 aromatic carbocycles. The standard InChI is InChI=1S/C20H22O5/c1-11-12(2)20(14-5-7-16-18(9-14)24-10-23-16)25-19(11)13-4-6-15(21)17(8-13)22-3/h4-9,11-12,19-21H,10H2,1-3H3/t11-,12+,19-,20-/m1/s1. The lowest BCUT2D eigenvalue weighted by Crippen LogP contribution is -2.09. The molecule has 2 aliphatic heterocycles. The number of fused-ring (bicyclic) bond motifs is 1. The molecule has 25 heavy (non-hydrogen) atoms. The van der Waals surface area contributed by atoms with Gasteiger partial charge in [0.25, 0.3) is 0 Å². The van der Waals surface area contributed by atoms with Crippen molar-refractivity contribution in [1.29, 1.82) is 0 Å². The van der Waals surface area contributed by atoms with Crippen molar-refractivity contribution in [2.45, 2.75) is 26.1 Å². The number of benzene rings is 2. The molecule has 0 aliphatic carbocycles. The zero-order valence-electron chi connectivity index (χ0n) is 14.6. The van der Waals surface area contributed by atoms with Crippen molar-refractivity contribution in [2.75, 3.05) is 13.9 Å². The summed E-state index contributed by atoms with van der Waals surface area (Å²) in [5.41, 5.74) is 2.11. The summed E-state index contributed by atoms with van der Waals surface area (Å²) in [4.78, 5) is 0. The summed E-state index contributed by atoms with van der Waals surface area (Å²) >= 11 is 0. The fourth-order valence-electron chi connectivity index (χ4n) is 3.68. The Kier molecular flexibility index (Phi) is 3.96. The maximum Gasteiger partial charge on any atom is 0.231 e. The molecule has 1 fully saturated rings. The van der Waals surface area contributed by atoms with Gasteiger partial charge in [0.15, 0.2) is 23.0 Å². The van der Waals surface area contributed by atoms with E-state index in [9.17, 15) is 5.11 Å². The summed E-state index contributed by atoms with van der Waals surface area (Å²) in [6.45, 7) is 4.67. The van der Waals surface area contributed by atoms with Crippen molar-refractivity contribution >= 4 is 0 Å². The minimum atomic E-state index is -0.0556. The Morgan fingerprint density at radius 2 is 1.56 bits per heavy atom. The summed E-state index contributed by atoms with van der Waals surface area (Å²) in [7, 11) is 1.55. The van der Waals surface area contributed by atoms with E-state index in [0.29, 0.717) is 17.6 Å². The molecule has 0 radical (unpaired) electrons. The molecule has 4 atom stereocenters. The van der Waals surface area contributed by atoms with Crippen molar-refractivity contribution < 1.29 is 24.1 Å². The second kappa shape index (κ2) is 6.15. The van der Waals surface area contributed by atoms with Crippen LogP contribution in [-0.2, 0) is 4.74 Å². The van der Waals surface area contributed by atoms with E-state index in [2.05, 4.69) is 13.8 Å². The van der Waals surface area contributed by atoms with E-state index in [1.807, 2.05) is 30.3 Å². The highest BCUT2D eigenvalue weighted by molar-refractivity contribution is 5.46. The molecule has 0 unspecified atom stereocenters. The smallest absolute Gasteiger partial charge is 0.231 e. The lowest BCUT2D eigenvalue weighted by molar-refractivity contribution is 0.0288. The first-order chi connectivity index (χ1) is 12.1. The monoisotopic (exact) mass is 342 g/mol. The molecule has 0 aromatic heterocycles. The fraction of sp³-hybridized carbons (Fsp3) is 0.400. The van der Waals surface area contributed by atoms with E-state index in [1.54, 1.807) is 13.2 Å². The number of hydrogen-bond donors (Lipinski definition) is 1. The van der Waals surface area contributed by atoms with Crippen molar-refractivity contribution in [3.8, 4) is 23.0 Å². The minimum Gasteiger partial charge on any atom is -0.504 e. The first-order valence-electron chi connectivity index (χ1n) is 8.50. The van der Waals surface area contributed by atoms with Crippen LogP contribution in [0.4, 0.5) is 0 Å². The Morgan fingerprint density at radius 3 is 2.28 bits per heavy atom. The Bertz CT molecular complexity index is 767. The average molecular weight is 342 g/mol. The number of hydrogen-bond acceptors (Lipinski definition) is 5. The highest BCUT2D eigenvalue weighted by atomic mass is 16.7. The quantitative estimate of drug-likeness (QED) is 0.905. The van der Waals surface area contributed by atoms with Crippen LogP contribution in [0.5, 0.6) is 23.0 Å². The molecule has 0 amide bonds. The van der Waals surface area contributed by atoms with Gasteiger partial charge in [-0.2, -0.15) is 0 Å². The molecule has 5 nitrogen and oxygen atoms in total. The Balaban J connectivity index is 1.63. The molecule has 0 saturated carbocycles. The van der Waals surface area contributed by atoms with Crippen LogP contribution in [0.15, 0.2) is 36.4 Å². The van der Waals surface area contributed by atoms with Crippen molar-refractivity contribution in [3.05, 3.63) is 47.5 Å². The van der Waals surface area contributed by atoms with E-state index >= 15 is 0 Å². The molecule has 2 aromatic rings.